The quantitative estimate of drug-likeness (QED) is 0.348. The van der Waals surface area contributed by atoms with Gasteiger partial charge in [-0.2, -0.15) is 0 Å². The van der Waals surface area contributed by atoms with E-state index in [4.69, 9.17) is 9.51 Å². The van der Waals surface area contributed by atoms with Crippen molar-refractivity contribution in [3.05, 3.63) is 48.1 Å². The molecule has 198 valence electrons. The summed E-state index contributed by atoms with van der Waals surface area (Å²) in [5, 5.41) is 18.5. The fourth-order valence-electron chi connectivity index (χ4n) is 6.05. The smallest absolute Gasteiger partial charge is 0.225 e. The maximum atomic E-state index is 12.9. The molecule has 3 N–H and O–H groups in total. The number of piperidine rings is 1. The molecule has 4 heterocycles. The van der Waals surface area contributed by atoms with E-state index in [0.29, 0.717) is 31.9 Å². The summed E-state index contributed by atoms with van der Waals surface area (Å²) in [5.41, 5.74) is 5.80. The topological polar surface area (TPSA) is 120 Å². The van der Waals surface area contributed by atoms with E-state index >= 15 is 0 Å². The number of hydrogen-bond donors (Lipinski definition) is 3. The van der Waals surface area contributed by atoms with Crippen LogP contribution in [0.1, 0.15) is 50.0 Å². The highest BCUT2D eigenvalue weighted by Crippen LogP contribution is 2.38. The van der Waals surface area contributed by atoms with Gasteiger partial charge < -0.3 is 24.8 Å². The molecule has 1 saturated heterocycles. The second kappa shape index (κ2) is 10.2. The molecule has 2 fully saturated rings. The lowest BCUT2D eigenvalue weighted by atomic mass is 9.85. The van der Waals surface area contributed by atoms with Gasteiger partial charge in [-0.05, 0) is 70.1 Å². The lowest BCUT2D eigenvalue weighted by molar-refractivity contribution is -0.138. The third kappa shape index (κ3) is 4.67. The number of aromatic amines is 1. The first kappa shape index (κ1) is 24.6. The van der Waals surface area contributed by atoms with Crippen molar-refractivity contribution in [1.29, 1.82) is 0 Å². The lowest BCUT2D eigenvalue weighted by Gasteiger charge is -2.35. The minimum absolute atomic E-state index is 0.0736. The maximum absolute atomic E-state index is 12.9. The molecule has 38 heavy (non-hydrogen) atoms. The van der Waals surface area contributed by atoms with Crippen LogP contribution in [0.25, 0.3) is 33.3 Å². The van der Waals surface area contributed by atoms with Crippen molar-refractivity contribution in [1.82, 2.24) is 25.0 Å². The third-order valence-electron chi connectivity index (χ3n) is 8.13. The molecule has 0 spiro atoms. The predicted octanol–water partition coefficient (Wildman–Crippen LogP) is 4.85. The number of carbonyl (C=O) groups is 1. The average Bonchev–Trinajstić information content (AvgIpc) is 3.52. The zero-order valence-electron chi connectivity index (χ0n) is 21.9. The molecule has 3 aromatic heterocycles. The molecule has 6 rings (SSSR count). The van der Waals surface area contributed by atoms with Crippen LogP contribution in [0.3, 0.4) is 0 Å². The second-order valence-electron chi connectivity index (χ2n) is 10.6. The lowest BCUT2D eigenvalue weighted by Crippen LogP contribution is -2.44. The summed E-state index contributed by atoms with van der Waals surface area (Å²) in [6.07, 6.45) is 8.43. The van der Waals surface area contributed by atoms with Crippen molar-refractivity contribution >= 4 is 22.8 Å². The molecule has 1 aliphatic heterocycles. The molecular formula is C29H34N6O3. The molecule has 2 aliphatic rings. The number of rotatable bonds is 5. The Kier molecular flexibility index (Phi) is 6.61. The Hall–Kier alpha value is -3.72. The molecule has 0 radical (unpaired) electrons. The Morgan fingerprint density at radius 3 is 2.61 bits per heavy atom. The van der Waals surface area contributed by atoms with Gasteiger partial charge in [-0.1, -0.05) is 17.3 Å². The van der Waals surface area contributed by atoms with E-state index in [0.717, 1.165) is 70.4 Å². The number of benzene rings is 1. The van der Waals surface area contributed by atoms with Gasteiger partial charge in [0.05, 0.1) is 17.5 Å². The Labute approximate surface area is 221 Å². The average molecular weight is 515 g/mol. The number of aryl methyl sites for hydroxylation is 2. The van der Waals surface area contributed by atoms with E-state index in [1.54, 1.807) is 6.20 Å². The molecule has 9 nitrogen and oxygen atoms in total. The molecule has 1 aliphatic carbocycles. The summed E-state index contributed by atoms with van der Waals surface area (Å²) < 4.78 is 5.46. The van der Waals surface area contributed by atoms with Crippen LogP contribution in [0.2, 0.25) is 0 Å². The monoisotopic (exact) mass is 514 g/mol. The van der Waals surface area contributed by atoms with Gasteiger partial charge >= 0.3 is 0 Å². The normalized spacial score (nSPS) is 20.7. The summed E-state index contributed by atoms with van der Waals surface area (Å²) in [4.78, 5) is 27.7. The zero-order valence-corrected chi connectivity index (χ0v) is 21.9. The number of H-pyrrole nitrogens is 1. The van der Waals surface area contributed by atoms with Crippen LogP contribution in [0.15, 0.2) is 41.2 Å². The van der Waals surface area contributed by atoms with Gasteiger partial charge in [0.1, 0.15) is 5.76 Å². The van der Waals surface area contributed by atoms with Crippen molar-refractivity contribution in [3.8, 4) is 22.4 Å². The number of anilines is 1. The molecule has 1 aromatic carbocycles. The number of aliphatic hydroxyl groups excluding tert-OH is 1. The molecule has 0 unspecified atom stereocenters. The Morgan fingerprint density at radius 1 is 1.08 bits per heavy atom. The van der Waals surface area contributed by atoms with Gasteiger partial charge in [-0.3, -0.25) is 4.79 Å². The van der Waals surface area contributed by atoms with Crippen LogP contribution in [-0.2, 0) is 4.79 Å². The van der Waals surface area contributed by atoms with Crippen LogP contribution in [0.5, 0.6) is 0 Å². The van der Waals surface area contributed by atoms with Crippen LogP contribution in [-0.4, -0.2) is 61.3 Å². The number of fused-ring (bicyclic) bond motifs is 1. The number of amides is 1. The first-order valence-electron chi connectivity index (χ1n) is 13.6. The Morgan fingerprint density at radius 2 is 1.87 bits per heavy atom. The van der Waals surface area contributed by atoms with Gasteiger partial charge in [0.2, 0.25) is 11.9 Å². The van der Waals surface area contributed by atoms with Gasteiger partial charge in [0.25, 0.3) is 0 Å². The Bertz CT molecular complexity index is 1420. The summed E-state index contributed by atoms with van der Waals surface area (Å²) in [6, 6.07) is 8.36. The van der Waals surface area contributed by atoms with E-state index in [1.165, 1.54) is 0 Å². The number of nitrogens with zero attached hydrogens (tertiary/aromatic N) is 4. The highest BCUT2D eigenvalue weighted by atomic mass is 16.5. The van der Waals surface area contributed by atoms with Gasteiger partial charge in [-0.15, -0.1) is 0 Å². The molecule has 0 atom stereocenters. The number of likely N-dealkylation sites (tertiary alicyclic amines) is 1. The van der Waals surface area contributed by atoms with Crippen LogP contribution >= 0.6 is 0 Å². The zero-order chi connectivity index (χ0) is 26.2. The third-order valence-corrected chi connectivity index (χ3v) is 8.13. The van der Waals surface area contributed by atoms with E-state index < -0.39 is 0 Å². The molecule has 1 saturated carbocycles. The highest BCUT2D eigenvalue weighted by Gasteiger charge is 2.31. The Balaban J connectivity index is 1.18. The molecule has 4 aromatic rings. The number of nitrogens with one attached hydrogen (secondary N) is 2. The number of carbonyl (C=O) groups excluding carboxylic acids is 1. The number of hydrogen-bond acceptors (Lipinski definition) is 7. The molecule has 9 heteroatoms. The van der Waals surface area contributed by atoms with Crippen molar-refractivity contribution < 1.29 is 14.4 Å². The fraction of sp³-hybridized carbons (Fsp3) is 0.448. The minimum atomic E-state index is -0.263. The minimum Gasteiger partial charge on any atom is -0.393 e. The van der Waals surface area contributed by atoms with Crippen molar-refractivity contribution in [2.24, 2.45) is 5.92 Å². The first-order valence-corrected chi connectivity index (χ1v) is 13.6. The van der Waals surface area contributed by atoms with Crippen molar-refractivity contribution in [2.75, 3.05) is 18.4 Å². The first-order chi connectivity index (χ1) is 18.5. The van der Waals surface area contributed by atoms with E-state index in [2.05, 4.69) is 32.6 Å². The fourth-order valence-corrected chi connectivity index (χ4v) is 6.05. The second-order valence-corrected chi connectivity index (χ2v) is 10.6. The van der Waals surface area contributed by atoms with E-state index in [1.807, 2.05) is 37.1 Å². The van der Waals surface area contributed by atoms with Crippen molar-refractivity contribution in [3.63, 3.8) is 0 Å². The van der Waals surface area contributed by atoms with Gasteiger partial charge in [-0.25, -0.2) is 9.97 Å². The predicted molar refractivity (Wildman–Crippen MR) is 145 cm³/mol. The number of aromatic nitrogens is 4. The van der Waals surface area contributed by atoms with Crippen LogP contribution < -0.4 is 5.32 Å². The van der Waals surface area contributed by atoms with Gasteiger partial charge in [0, 0.05) is 59.5 Å². The molecular weight excluding hydrogens is 480 g/mol. The maximum Gasteiger partial charge on any atom is 0.225 e. The summed E-state index contributed by atoms with van der Waals surface area (Å²) in [5.74, 6) is 1.72. The van der Waals surface area contributed by atoms with Crippen molar-refractivity contribution in [2.45, 2.75) is 64.5 Å². The van der Waals surface area contributed by atoms with Crippen LogP contribution in [0, 0.1) is 19.8 Å². The molecule has 1 amide bonds. The molecule has 0 bridgehead atoms. The van der Waals surface area contributed by atoms with E-state index in [-0.39, 0.29) is 24.0 Å². The van der Waals surface area contributed by atoms with Crippen LogP contribution in [0.4, 0.5) is 5.95 Å². The van der Waals surface area contributed by atoms with Gasteiger partial charge in [0.15, 0.2) is 0 Å². The summed E-state index contributed by atoms with van der Waals surface area (Å²) >= 11 is 0. The number of aliphatic hydroxyl groups is 1. The standard InChI is InChI=1S/C29H34N6O3/c1-17-26(18(2)38-34-17)22-4-3-5-25-27(22)23(16-31-25)24-10-13-30-29(33-24)32-20-8-6-19(7-9-20)28(37)35-14-11-21(36)12-15-35/h3-5,10,13,16,19-21,31,36H,6-9,11-12,14-15H2,1-2H3,(H,30,32,33). The summed E-state index contributed by atoms with van der Waals surface area (Å²) in [6.45, 7) is 5.24. The SMILES string of the molecule is Cc1noc(C)c1-c1cccc2[nH]cc(-c3ccnc(NC4CCC(C(=O)N5CCC(O)CC5)CC4)n3)c12. The summed E-state index contributed by atoms with van der Waals surface area (Å²) in [7, 11) is 0. The highest BCUT2D eigenvalue weighted by molar-refractivity contribution is 6.05. The van der Waals surface area contributed by atoms with E-state index in [9.17, 15) is 9.90 Å². The largest absolute Gasteiger partial charge is 0.393 e.